The first kappa shape index (κ1) is 12.7. The van der Waals surface area contributed by atoms with E-state index in [9.17, 15) is 4.79 Å². The van der Waals surface area contributed by atoms with Crippen molar-refractivity contribution in [1.29, 1.82) is 0 Å². The first-order chi connectivity index (χ1) is 9.29. The Balaban J connectivity index is 1.94. The number of hydrazone groups is 1. The van der Waals surface area contributed by atoms with Crippen LogP contribution in [-0.4, -0.2) is 29.2 Å². The predicted octanol–water partition coefficient (Wildman–Crippen LogP) is 1.25. The molecule has 19 heavy (non-hydrogen) atoms. The molecule has 0 saturated heterocycles. The van der Waals surface area contributed by atoms with Gasteiger partial charge in [-0.2, -0.15) is 5.10 Å². The molecule has 0 unspecified atom stereocenters. The highest BCUT2D eigenvalue weighted by Crippen LogP contribution is 2.09. The number of carbonyl (C=O) groups is 1. The lowest BCUT2D eigenvalue weighted by molar-refractivity contribution is 0.0949. The van der Waals surface area contributed by atoms with E-state index >= 15 is 0 Å². The highest BCUT2D eigenvalue weighted by atomic mass is 16.5. The van der Waals surface area contributed by atoms with Crippen molar-refractivity contribution >= 4 is 12.1 Å². The van der Waals surface area contributed by atoms with Crippen LogP contribution in [0.3, 0.4) is 0 Å². The number of aromatic nitrogens is 2. The Kier molecular flexibility index (Phi) is 4.17. The van der Waals surface area contributed by atoms with Crippen LogP contribution in [-0.2, 0) is 0 Å². The molecule has 0 aliphatic rings. The van der Waals surface area contributed by atoms with Crippen molar-refractivity contribution in [2.75, 3.05) is 7.11 Å². The van der Waals surface area contributed by atoms with Crippen LogP contribution in [0.5, 0.6) is 5.75 Å². The summed E-state index contributed by atoms with van der Waals surface area (Å²) in [6.07, 6.45) is 5.85. The molecule has 0 fully saturated rings. The zero-order valence-corrected chi connectivity index (χ0v) is 10.3. The smallest absolute Gasteiger partial charge is 0.291 e. The van der Waals surface area contributed by atoms with Crippen LogP contribution in [0.25, 0.3) is 0 Å². The van der Waals surface area contributed by atoms with Gasteiger partial charge >= 0.3 is 0 Å². The fourth-order valence-electron chi connectivity index (χ4n) is 1.33. The molecule has 2 rings (SSSR count). The standard InChI is InChI=1S/C13H12N4O2/c1-19-11-4-2-10(3-5-11)8-16-17-13(18)12-9-14-6-7-15-12/h2-9H,1H3,(H,17,18)/b16-8-. The van der Waals surface area contributed by atoms with Gasteiger partial charge in [0.2, 0.25) is 0 Å². The van der Waals surface area contributed by atoms with Gasteiger partial charge in [-0.15, -0.1) is 0 Å². The number of amides is 1. The summed E-state index contributed by atoms with van der Waals surface area (Å²) in [5.74, 6) is 0.360. The normalized spacial score (nSPS) is 10.4. The highest BCUT2D eigenvalue weighted by Gasteiger charge is 2.04. The van der Waals surface area contributed by atoms with Crippen LogP contribution in [0.4, 0.5) is 0 Å². The van der Waals surface area contributed by atoms with Crippen LogP contribution >= 0.6 is 0 Å². The first-order valence-corrected chi connectivity index (χ1v) is 5.53. The van der Waals surface area contributed by atoms with Crippen molar-refractivity contribution in [1.82, 2.24) is 15.4 Å². The molecule has 1 amide bonds. The lowest BCUT2D eigenvalue weighted by atomic mass is 10.2. The van der Waals surface area contributed by atoms with E-state index in [1.165, 1.54) is 24.8 Å². The Morgan fingerprint density at radius 1 is 1.32 bits per heavy atom. The Labute approximate surface area is 110 Å². The summed E-state index contributed by atoms with van der Waals surface area (Å²) in [5, 5.41) is 3.84. The second kappa shape index (κ2) is 6.25. The summed E-state index contributed by atoms with van der Waals surface area (Å²) in [4.78, 5) is 19.3. The zero-order valence-electron chi connectivity index (χ0n) is 10.3. The second-order valence-electron chi connectivity index (χ2n) is 3.56. The van der Waals surface area contributed by atoms with Gasteiger partial charge in [-0.1, -0.05) is 0 Å². The third-order valence-electron chi connectivity index (χ3n) is 2.29. The van der Waals surface area contributed by atoms with Crippen LogP contribution < -0.4 is 10.2 Å². The minimum absolute atomic E-state index is 0.217. The maximum atomic E-state index is 11.6. The van der Waals surface area contributed by atoms with Crippen molar-refractivity contribution in [2.45, 2.75) is 0 Å². The molecular weight excluding hydrogens is 244 g/mol. The largest absolute Gasteiger partial charge is 0.497 e. The van der Waals surface area contributed by atoms with Gasteiger partial charge in [0, 0.05) is 12.4 Å². The predicted molar refractivity (Wildman–Crippen MR) is 70.1 cm³/mol. The summed E-state index contributed by atoms with van der Waals surface area (Å²) in [5.41, 5.74) is 3.44. The molecule has 1 aromatic carbocycles. The van der Waals surface area contributed by atoms with Crippen LogP contribution in [0.15, 0.2) is 48.0 Å². The fraction of sp³-hybridized carbons (Fsp3) is 0.0769. The Morgan fingerprint density at radius 2 is 2.11 bits per heavy atom. The molecule has 0 spiro atoms. The SMILES string of the molecule is COc1ccc(/C=N\NC(=O)c2cnccn2)cc1. The van der Waals surface area contributed by atoms with Gasteiger partial charge in [0.15, 0.2) is 0 Å². The van der Waals surface area contributed by atoms with E-state index in [1.807, 2.05) is 24.3 Å². The molecule has 0 aliphatic heterocycles. The topological polar surface area (TPSA) is 76.5 Å². The lowest BCUT2D eigenvalue weighted by Crippen LogP contribution is -2.19. The van der Waals surface area contributed by atoms with Gasteiger partial charge in [0.1, 0.15) is 11.4 Å². The van der Waals surface area contributed by atoms with Gasteiger partial charge < -0.3 is 4.74 Å². The Bertz CT molecular complexity index is 567. The number of carbonyl (C=O) groups excluding carboxylic acids is 1. The lowest BCUT2D eigenvalue weighted by Gasteiger charge is -1.99. The van der Waals surface area contributed by atoms with E-state index in [2.05, 4.69) is 20.5 Å². The van der Waals surface area contributed by atoms with Gasteiger partial charge in [0.05, 0.1) is 19.5 Å². The van der Waals surface area contributed by atoms with E-state index in [1.54, 1.807) is 7.11 Å². The molecule has 0 saturated carbocycles. The molecule has 1 N–H and O–H groups in total. The zero-order chi connectivity index (χ0) is 13.5. The number of ether oxygens (including phenoxy) is 1. The maximum Gasteiger partial charge on any atom is 0.291 e. The molecule has 1 heterocycles. The number of methoxy groups -OCH3 is 1. The van der Waals surface area contributed by atoms with Crippen molar-refractivity contribution < 1.29 is 9.53 Å². The molecule has 0 aliphatic carbocycles. The number of nitrogens with one attached hydrogen (secondary N) is 1. The number of benzene rings is 1. The van der Waals surface area contributed by atoms with Crippen molar-refractivity contribution in [3.8, 4) is 5.75 Å². The van der Waals surface area contributed by atoms with Gasteiger partial charge in [-0.3, -0.25) is 9.78 Å². The monoisotopic (exact) mass is 256 g/mol. The summed E-state index contributed by atoms with van der Waals surface area (Å²) in [6, 6.07) is 7.28. The molecule has 1 aromatic heterocycles. The average Bonchev–Trinajstić information content (AvgIpc) is 2.49. The maximum absolute atomic E-state index is 11.6. The van der Waals surface area contributed by atoms with E-state index in [0.717, 1.165) is 11.3 Å². The molecule has 96 valence electrons. The third kappa shape index (κ3) is 3.60. The van der Waals surface area contributed by atoms with E-state index in [-0.39, 0.29) is 5.69 Å². The fourth-order valence-corrected chi connectivity index (χ4v) is 1.33. The van der Waals surface area contributed by atoms with E-state index in [0.29, 0.717) is 0 Å². The molecule has 6 nitrogen and oxygen atoms in total. The average molecular weight is 256 g/mol. The molecule has 6 heteroatoms. The minimum atomic E-state index is -0.405. The quantitative estimate of drug-likeness (QED) is 0.659. The van der Waals surface area contributed by atoms with Crippen LogP contribution in [0, 0.1) is 0 Å². The first-order valence-electron chi connectivity index (χ1n) is 5.53. The summed E-state index contributed by atoms with van der Waals surface area (Å²) >= 11 is 0. The highest BCUT2D eigenvalue weighted by molar-refractivity contribution is 5.92. The van der Waals surface area contributed by atoms with Crippen molar-refractivity contribution in [3.05, 3.63) is 54.1 Å². The number of nitrogens with zero attached hydrogens (tertiary/aromatic N) is 3. The number of rotatable bonds is 4. The molecule has 0 radical (unpaired) electrons. The van der Waals surface area contributed by atoms with Gasteiger partial charge in [-0.05, 0) is 29.8 Å². The van der Waals surface area contributed by atoms with Crippen molar-refractivity contribution in [3.63, 3.8) is 0 Å². The number of hydrogen-bond acceptors (Lipinski definition) is 5. The van der Waals surface area contributed by atoms with Crippen LogP contribution in [0.1, 0.15) is 16.1 Å². The summed E-state index contributed by atoms with van der Waals surface area (Å²) in [6.45, 7) is 0. The third-order valence-corrected chi connectivity index (χ3v) is 2.29. The van der Waals surface area contributed by atoms with Gasteiger partial charge in [-0.25, -0.2) is 10.4 Å². The second-order valence-corrected chi connectivity index (χ2v) is 3.56. The molecule has 0 atom stereocenters. The molecule has 2 aromatic rings. The Morgan fingerprint density at radius 3 is 2.74 bits per heavy atom. The Hall–Kier alpha value is -2.76. The van der Waals surface area contributed by atoms with Crippen LogP contribution in [0.2, 0.25) is 0 Å². The molecule has 0 bridgehead atoms. The van der Waals surface area contributed by atoms with E-state index in [4.69, 9.17) is 4.74 Å². The van der Waals surface area contributed by atoms with Gasteiger partial charge in [0.25, 0.3) is 5.91 Å². The summed E-state index contributed by atoms with van der Waals surface area (Å²) < 4.78 is 5.04. The minimum Gasteiger partial charge on any atom is -0.497 e. The number of hydrogen-bond donors (Lipinski definition) is 1. The molecular formula is C13H12N4O2. The van der Waals surface area contributed by atoms with Crippen molar-refractivity contribution in [2.24, 2.45) is 5.10 Å². The van der Waals surface area contributed by atoms with E-state index < -0.39 is 5.91 Å². The summed E-state index contributed by atoms with van der Waals surface area (Å²) in [7, 11) is 1.60.